The molecule has 2 amide bonds. The first kappa shape index (κ1) is 20.1. The van der Waals surface area contributed by atoms with Gasteiger partial charge < -0.3 is 16.0 Å². The number of aryl methyl sites for hydroxylation is 1. The quantitative estimate of drug-likeness (QED) is 0.756. The van der Waals surface area contributed by atoms with E-state index in [1.165, 1.54) is 16.2 Å². The van der Waals surface area contributed by atoms with E-state index in [4.69, 9.17) is 17.3 Å². The molecule has 7 nitrogen and oxygen atoms in total. The molecule has 1 aliphatic heterocycles. The van der Waals surface area contributed by atoms with Crippen LogP contribution in [-0.4, -0.2) is 53.9 Å². The summed E-state index contributed by atoms with van der Waals surface area (Å²) in [7, 11) is 0. The second-order valence-corrected chi connectivity index (χ2v) is 8.99. The SMILES string of the molecule is CC(C(=O)Nc1sc2c(c1C(N)=O)CCC2)N1CCN(c2ccc(Cl)cn2)CC1. The molecule has 3 N–H and O–H groups in total. The molecule has 2 aliphatic rings. The number of carbonyl (C=O) groups is 2. The van der Waals surface area contributed by atoms with Crippen LogP contribution in [0.15, 0.2) is 18.3 Å². The Kier molecular flexibility index (Phi) is 5.76. The first-order chi connectivity index (χ1) is 13.9. The minimum atomic E-state index is -0.462. The summed E-state index contributed by atoms with van der Waals surface area (Å²) < 4.78 is 0. The number of hydrogen-bond acceptors (Lipinski definition) is 6. The number of fused-ring (bicyclic) bond motifs is 1. The number of anilines is 2. The van der Waals surface area contributed by atoms with Crippen molar-refractivity contribution in [3.63, 3.8) is 0 Å². The van der Waals surface area contributed by atoms with Gasteiger partial charge in [-0.05, 0) is 43.9 Å². The number of amides is 2. The second kappa shape index (κ2) is 8.30. The molecule has 0 aromatic carbocycles. The number of nitrogens with zero attached hydrogens (tertiary/aromatic N) is 3. The second-order valence-electron chi connectivity index (χ2n) is 7.45. The smallest absolute Gasteiger partial charge is 0.251 e. The molecule has 0 radical (unpaired) electrons. The maximum Gasteiger partial charge on any atom is 0.251 e. The Bertz CT molecular complexity index is 922. The number of aromatic nitrogens is 1. The average molecular weight is 434 g/mol. The molecule has 9 heteroatoms. The highest BCUT2D eigenvalue weighted by Crippen LogP contribution is 2.39. The van der Waals surface area contributed by atoms with Crippen LogP contribution in [0.5, 0.6) is 0 Å². The lowest BCUT2D eigenvalue weighted by molar-refractivity contribution is -0.120. The number of piperazine rings is 1. The number of hydrogen-bond donors (Lipinski definition) is 2. The van der Waals surface area contributed by atoms with E-state index in [0.717, 1.165) is 56.8 Å². The highest BCUT2D eigenvalue weighted by Gasteiger charge is 2.30. The molecule has 4 rings (SSSR count). The lowest BCUT2D eigenvalue weighted by Gasteiger charge is -2.37. The van der Waals surface area contributed by atoms with Crippen LogP contribution in [-0.2, 0) is 17.6 Å². The van der Waals surface area contributed by atoms with E-state index in [2.05, 4.69) is 20.1 Å². The van der Waals surface area contributed by atoms with Crippen LogP contribution in [0.2, 0.25) is 5.02 Å². The van der Waals surface area contributed by atoms with E-state index < -0.39 is 5.91 Å². The molecule has 154 valence electrons. The van der Waals surface area contributed by atoms with Gasteiger partial charge >= 0.3 is 0 Å². The van der Waals surface area contributed by atoms with Crippen LogP contribution in [0.4, 0.5) is 10.8 Å². The molecule has 1 atom stereocenters. The molecule has 0 bridgehead atoms. The molecule has 29 heavy (non-hydrogen) atoms. The summed E-state index contributed by atoms with van der Waals surface area (Å²) in [6, 6.07) is 3.45. The van der Waals surface area contributed by atoms with Gasteiger partial charge in [-0.15, -0.1) is 11.3 Å². The summed E-state index contributed by atoms with van der Waals surface area (Å²) in [5.41, 5.74) is 7.12. The molecule has 0 spiro atoms. The lowest BCUT2D eigenvalue weighted by Crippen LogP contribution is -2.53. The number of pyridine rings is 1. The van der Waals surface area contributed by atoms with Crippen molar-refractivity contribution in [3.8, 4) is 0 Å². The zero-order valence-corrected chi connectivity index (χ0v) is 17.9. The molecule has 0 saturated carbocycles. The molecule has 2 aromatic rings. The standard InChI is InChI=1S/C20H24ClN5O2S/c1-12(25-7-9-26(10-8-25)16-6-5-13(21)11-23-16)19(28)24-20-17(18(22)27)14-3-2-4-15(14)29-20/h5-6,11-12H,2-4,7-10H2,1H3,(H2,22,27)(H,24,28). The zero-order chi connectivity index (χ0) is 20.5. The number of rotatable bonds is 5. The average Bonchev–Trinajstić information content (AvgIpc) is 3.28. The molecule has 1 unspecified atom stereocenters. The molecule has 1 saturated heterocycles. The van der Waals surface area contributed by atoms with Gasteiger partial charge in [-0.2, -0.15) is 0 Å². The van der Waals surface area contributed by atoms with E-state index >= 15 is 0 Å². The van der Waals surface area contributed by atoms with Crippen molar-refractivity contribution in [3.05, 3.63) is 39.4 Å². The van der Waals surface area contributed by atoms with Crippen molar-refractivity contribution < 1.29 is 9.59 Å². The third-order valence-electron chi connectivity index (χ3n) is 5.68. The van der Waals surface area contributed by atoms with Crippen LogP contribution in [0, 0.1) is 0 Å². The van der Waals surface area contributed by atoms with Crippen molar-refractivity contribution in [1.29, 1.82) is 0 Å². The Morgan fingerprint density at radius 1 is 1.24 bits per heavy atom. The topological polar surface area (TPSA) is 91.6 Å². The molecule has 3 heterocycles. The largest absolute Gasteiger partial charge is 0.365 e. The fourth-order valence-corrected chi connectivity index (χ4v) is 5.44. The monoisotopic (exact) mass is 433 g/mol. The number of nitrogens with one attached hydrogen (secondary N) is 1. The van der Waals surface area contributed by atoms with Gasteiger partial charge in [0.25, 0.3) is 5.91 Å². The number of thiophene rings is 1. The molecular formula is C20H24ClN5O2S. The van der Waals surface area contributed by atoms with Crippen LogP contribution >= 0.6 is 22.9 Å². The summed E-state index contributed by atoms with van der Waals surface area (Å²) in [5, 5.41) is 4.18. The van der Waals surface area contributed by atoms with Gasteiger partial charge in [0.05, 0.1) is 16.6 Å². The van der Waals surface area contributed by atoms with Gasteiger partial charge in [0.2, 0.25) is 5.91 Å². The molecule has 1 aliphatic carbocycles. The van der Waals surface area contributed by atoms with Crippen molar-refractivity contribution in [2.75, 3.05) is 36.4 Å². The van der Waals surface area contributed by atoms with E-state index in [0.29, 0.717) is 15.6 Å². The van der Waals surface area contributed by atoms with Gasteiger partial charge in [-0.1, -0.05) is 11.6 Å². The highest BCUT2D eigenvalue weighted by molar-refractivity contribution is 7.17. The first-order valence-electron chi connectivity index (χ1n) is 9.80. The number of nitrogens with two attached hydrogens (primary N) is 1. The predicted molar refractivity (Wildman–Crippen MR) is 116 cm³/mol. The summed E-state index contributed by atoms with van der Waals surface area (Å²) in [4.78, 5) is 34.7. The maximum absolute atomic E-state index is 12.9. The Morgan fingerprint density at radius 3 is 2.66 bits per heavy atom. The van der Waals surface area contributed by atoms with Crippen molar-refractivity contribution in [1.82, 2.24) is 9.88 Å². The van der Waals surface area contributed by atoms with Gasteiger partial charge in [-0.3, -0.25) is 14.5 Å². The Morgan fingerprint density at radius 2 is 2.00 bits per heavy atom. The van der Waals surface area contributed by atoms with E-state index in [-0.39, 0.29) is 11.9 Å². The van der Waals surface area contributed by atoms with Crippen LogP contribution in [0.1, 0.15) is 34.1 Å². The molecule has 2 aromatic heterocycles. The Balaban J connectivity index is 1.38. The minimum Gasteiger partial charge on any atom is -0.365 e. The van der Waals surface area contributed by atoms with Crippen LogP contribution < -0.4 is 16.0 Å². The number of carbonyl (C=O) groups excluding carboxylic acids is 2. The Labute approximate surface area is 178 Å². The van der Waals surface area contributed by atoms with E-state index in [1.54, 1.807) is 6.20 Å². The van der Waals surface area contributed by atoms with E-state index in [1.807, 2.05) is 19.1 Å². The molecule has 1 fully saturated rings. The third kappa shape index (κ3) is 4.10. The first-order valence-corrected chi connectivity index (χ1v) is 11.0. The normalized spacial score (nSPS) is 17.8. The maximum atomic E-state index is 12.9. The van der Waals surface area contributed by atoms with Crippen LogP contribution in [0.3, 0.4) is 0 Å². The number of primary amides is 1. The Hall–Kier alpha value is -2.16. The zero-order valence-electron chi connectivity index (χ0n) is 16.3. The van der Waals surface area contributed by atoms with Gasteiger partial charge in [0.1, 0.15) is 10.8 Å². The van der Waals surface area contributed by atoms with E-state index in [9.17, 15) is 9.59 Å². The minimum absolute atomic E-state index is 0.106. The van der Waals surface area contributed by atoms with Gasteiger partial charge in [-0.25, -0.2) is 4.98 Å². The summed E-state index contributed by atoms with van der Waals surface area (Å²) in [5.74, 6) is 0.326. The van der Waals surface area contributed by atoms with Crippen LogP contribution in [0.25, 0.3) is 0 Å². The van der Waals surface area contributed by atoms with Crippen molar-refractivity contribution in [2.24, 2.45) is 5.73 Å². The van der Waals surface area contributed by atoms with Crippen molar-refractivity contribution in [2.45, 2.75) is 32.2 Å². The van der Waals surface area contributed by atoms with Gasteiger partial charge in [0, 0.05) is 37.3 Å². The summed E-state index contributed by atoms with van der Waals surface area (Å²) in [6.07, 6.45) is 4.50. The predicted octanol–water partition coefficient (Wildman–Crippen LogP) is 2.53. The van der Waals surface area contributed by atoms with Gasteiger partial charge in [0.15, 0.2) is 0 Å². The highest BCUT2D eigenvalue weighted by atomic mass is 35.5. The summed E-state index contributed by atoms with van der Waals surface area (Å²) in [6.45, 7) is 4.97. The molecular weight excluding hydrogens is 410 g/mol. The lowest BCUT2D eigenvalue weighted by atomic mass is 10.1. The third-order valence-corrected chi connectivity index (χ3v) is 7.11. The fourth-order valence-electron chi connectivity index (χ4n) is 4.03. The van der Waals surface area contributed by atoms with Crippen molar-refractivity contribution >= 4 is 45.6 Å². The fraction of sp³-hybridized carbons (Fsp3) is 0.450. The summed E-state index contributed by atoms with van der Waals surface area (Å²) >= 11 is 7.40. The number of halogens is 1.